The number of pyridine rings is 1. The first kappa shape index (κ1) is 11.7. The van der Waals surface area contributed by atoms with Crippen LogP contribution in [0.15, 0.2) is 48.7 Å². The number of nitrogens with one attached hydrogen (secondary N) is 1. The Hall–Kier alpha value is -2.13. The molecule has 4 rings (SSSR count). The first-order valence-electron chi connectivity index (χ1n) is 7.09. The van der Waals surface area contributed by atoms with Gasteiger partial charge < -0.3 is 10.7 Å². The van der Waals surface area contributed by atoms with Crippen molar-refractivity contribution in [1.82, 2.24) is 9.97 Å². The maximum absolute atomic E-state index is 6.76. The third-order valence-electron chi connectivity index (χ3n) is 4.38. The monoisotopic (exact) mass is 263 g/mol. The fourth-order valence-electron chi connectivity index (χ4n) is 3.39. The summed E-state index contributed by atoms with van der Waals surface area (Å²) in [6.45, 7) is 0. The van der Waals surface area contributed by atoms with E-state index in [1.165, 1.54) is 16.5 Å². The molecule has 1 unspecified atom stereocenters. The van der Waals surface area contributed by atoms with Crippen molar-refractivity contribution in [2.24, 2.45) is 5.73 Å². The molecule has 100 valence electrons. The van der Waals surface area contributed by atoms with Gasteiger partial charge in [-0.2, -0.15) is 0 Å². The molecule has 3 heteroatoms. The van der Waals surface area contributed by atoms with Crippen LogP contribution in [0.5, 0.6) is 0 Å². The highest BCUT2D eigenvalue weighted by Crippen LogP contribution is 2.40. The van der Waals surface area contributed by atoms with E-state index in [0.717, 1.165) is 30.7 Å². The molecule has 0 radical (unpaired) electrons. The minimum Gasteiger partial charge on any atom is -0.356 e. The van der Waals surface area contributed by atoms with Crippen molar-refractivity contribution >= 4 is 10.9 Å². The van der Waals surface area contributed by atoms with Crippen LogP contribution in [0.4, 0.5) is 0 Å². The molecule has 0 amide bonds. The molecule has 3 nitrogen and oxygen atoms in total. The Morgan fingerprint density at radius 2 is 1.95 bits per heavy atom. The van der Waals surface area contributed by atoms with E-state index in [9.17, 15) is 0 Å². The first-order chi connectivity index (χ1) is 9.79. The molecule has 2 aromatic heterocycles. The van der Waals surface area contributed by atoms with Gasteiger partial charge in [-0.25, -0.2) is 0 Å². The van der Waals surface area contributed by atoms with Crippen LogP contribution in [0.2, 0.25) is 0 Å². The van der Waals surface area contributed by atoms with Crippen LogP contribution >= 0.6 is 0 Å². The highest BCUT2D eigenvalue weighted by molar-refractivity contribution is 5.85. The number of rotatable bonds is 1. The minimum atomic E-state index is -0.492. The Kier molecular flexibility index (Phi) is 2.44. The average molecular weight is 263 g/mol. The first-order valence-corrected chi connectivity index (χ1v) is 7.09. The highest BCUT2D eigenvalue weighted by Gasteiger charge is 2.37. The highest BCUT2D eigenvalue weighted by atomic mass is 14.9. The molecular formula is C17H17N3. The van der Waals surface area contributed by atoms with E-state index < -0.39 is 5.54 Å². The van der Waals surface area contributed by atoms with Crippen LogP contribution in [0, 0.1) is 0 Å². The molecule has 1 aromatic carbocycles. The summed E-state index contributed by atoms with van der Waals surface area (Å²) in [6, 6.07) is 14.4. The average Bonchev–Trinajstić information content (AvgIpc) is 2.89. The lowest BCUT2D eigenvalue weighted by Gasteiger charge is -2.33. The SMILES string of the molecule is NC1(c2ccccn2)CCCc2c1[nH]c1ccccc21. The molecule has 1 aliphatic carbocycles. The fraction of sp³-hybridized carbons (Fsp3) is 0.235. The Morgan fingerprint density at radius 3 is 2.80 bits per heavy atom. The second-order valence-corrected chi connectivity index (χ2v) is 5.56. The van der Waals surface area contributed by atoms with Gasteiger partial charge >= 0.3 is 0 Å². The number of aromatic nitrogens is 2. The summed E-state index contributed by atoms with van der Waals surface area (Å²) in [5.41, 5.74) is 10.9. The topological polar surface area (TPSA) is 54.7 Å². The number of nitrogens with two attached hydrogens (primary N) is 1. The van der Waals surface area contributed by atoms with Gasteiger partial charge in [-0.3, -0.25) is 4.98 Å². The van der Waals surface area contributed by atoms with Crippen LogP contribution in [0.25, 0.3) is 10.9 Å². The van der Waals surface area contributed by atoms with Gasteiger partial charge in [0.1, 0.15) is 0 Å². The van der Waals surface area contributed by atoms with Crippen LogP contribution < -0.4 is 5.73 Å². The van der Waals surface area contributed by atoms with Crippen LogP contribution in [-0.4, -0.2) is 9.97 Å². The van der Waals surface area contributed by atoms with E-state index in [0.29, 0.717) is 0 Å². The van der Waals surface area contributed by atoms with Crippen molar-refractivity contribution in [3.05, 3.63) is 65.6 Å². The maximum atomic E-state index is 6.76. The lowest BCUT2D eigenvalue weighted by Crippen LogP contribution is -2.42. The summed E-state index contributed by atoms with van der Waals surface area (Å²) in [5.74, 6) is 0. The molecule has 0 fully saturated rings. The summed E-state index contributed by atoms with van der Waals surface area (Å²) < 4.78 is 0. The molecule has 3 aromatic rings. The van der Waals surface area contributed by atoms with Crippen molar-refractivity contribution in [3.8, 4) is 0 Å². The molecule has 0 saturated carbocycles. The summed E-state index contributed by atoms with van der Waals surface area (Å²) in [5, 5.41) is 1.30. The smallest absolute Gasteiger partial charge is 0.0992 e. The predicted molar refractivity (Wildman–Crippen MR) is 80.4 cm³/mol. The molecule has 0 bridgehead atoms. The Morgan fingerprint density at radius 1 is 1.10 bits per heavy atom. The summed E-state index contributed by atoms with van der Waals surface area (Å²) >= 11 is 0. The van der Waals surface area contributed by atoms with Crippen molar-refractivity contribution in [1.29, 1.82) is 0 Å². The predicted octanol–water partition coefficient (Wildman–Crippen LogP) is 3.10. The number of aromatic amines is 1. The van der Waals surface area contributed by atoms with Gasteiger partial charge in [-0.15, -0.1) is 0 Å². The van der Waals surface area contributed by atoms with Gasteiger partial charge in [0.05, 0.1) is 11.2 Å². The quantitative estimate of drug-likeness (QED) is 0.709. The van der Waals surface area contributed by atoms with E-state index in [2.05, 4.69) is 34.2 Å². The number of para-hydroxylation sites is 1. The third-order valence-corrected chi connectivity index (χ3v) is 4.38. The summed E-state index contributed by atoms with van der Waals surface area (Å²) in [6.07, 6.45) is 4.94. The van der Waals surface area contributed by atoms with E-state index in [-0.39, 0.29) is 0 Å². The molecule has 3 N–H and O–H groups in total. The summed E-state index contributed by atoms with van der Waals surface area (Å²) in [4.78, 5) is 8.04. The number of hydrogen-bond acceptors (Lipinski definition) is 2. The molecule has 0 aliphatic heterocycles. The summed E-state index contributed by atoms with van der Waals surface area (Å²) in [7, 11) is 0. The van der Waals surface area contributed by atoms with Crippen molar-refractivity contribution in [3.63, 3.8) is 0 Å². The number of nitrogens with zero attached hydrogens (tertiary/aromatic N) is 1. The number of fused-ring (bicyclic) bond motifs is 3. The number of aryl methyl sites for hydroxylation is 1. The molecule has 0 spiro atoms. The van der Waals surface area contributed by atoms with Gasteiger partial charge in [0.2, 0.25) is 0 Å². The van der Waals surface area contributed by atoms with Gasteiger partial charge in [0.15, 0.2) is 0 Å². The number of H-pyrrole nitrogens is 1. The van der Waals surface area contributed by atoms with E-state index in [1.54, 1.807) is 0 Å². The molecule has 0 saturated heterocycles. The molecule has 1 atom stereocenters. The van der Waals surface area contributed by atoms with Crippen molar-refractivity contribution in [2.45, 2.75) is 24.8 Å². The Bertz CT molecular complexity index is 760. The van der Waals surface area contributed by atoms with E-state index in [1.807, 2.05) is 24.4 Å². The number of benzene rings is 1. The standard InChI is InChI=1S/C17H17N3/c18-17(15-9-3-4-11-19-15)10-5-7-13-12-6-1-2-8-14(12)20-16(13)17/h1-4,6,8-9,11,20H,5,7,10,18H2. The Labute approximate surface area is 117 Å². The van der Waals surface area contributed by atoms with Gasteiger partial charge in [-0.1, -0.05) is 24.3 Å². The lowest BCUT2D eigenvalue weighted by atomic mass is 9.78. The van der Waals surface area contributed by atoms with Crippen LogP contribution in [-0.2, 0) is 12.0 Å². The minimum absolute atomic E-state index is 0.492. The van der Waals surface area contributed by atoms with Crippen molar-refractivity contribution in [2.75, 3.05) is 0 Å². The van der Waals surface area contributed by atoms with Crippen molar-refractivity contribution < 1.29 is 0 Å². The van der Waals surface area contributed by atoms with Gasteiger partial charge in [0.25, 0.3) is 0 Å². The second kappa shape index (κ2) is 4.18. The largest absolute Gasteiger partial charge is 0.356 e. The normalized spacial score (nSPS) is 21.9. The van der Waals surface area contributed by atoms with Crippen LogP contribution in [0.1, 0.15) is 29.8 Å². The zero-order valence-electron chi connectivity index (χ0n) is 11.3. The Balaban J connectivity index is 1.99. The van der Waals surface area contributed by atoms with E-state index >= 15 is 0 Å². The zero-order valence-corrected chi connectivity index (χ0v) is 11.3. The molecule has 2 heterocycles. The molecule has 1 aliphatic rings. The number of hydrogen-bond donors (Lipinski definition) is 2. The molecular weight excluding hydrogens is 246 g/mol. The molecule has 20 heavy (non-hydrogen) atoms. The van der Waals surface area contributed by atoms with Crippen LogP contribution in [0.3, 0.4) is 0 Å². The van der Waals surface area contributed by atoms with Gasteiger partial charge in [-0.05, 0) is 43.0 Å². The third kappa shape index (κ3) is 1.53. The van der Waals surface area contributed by atoms with E-state index in [4.69, 9.17) is 5.73 Å². The second-order valence-electron chi connectivity index (χ2n) is 5.56. The van der Waals surface area contributed by atoms with Gasteiger partial charge in [0, 0.05) is 22.8 Å². The fourth-order valence-corrected chi connectivity index (χ4v) is 3.39. The lowest BCUT2D eigenvalue weighted by molar-refractivity contribution is 0.423. The maximum Gasteiger partial charge on any atom is 0.0992 e. The zero-order chi connectivity index (χ0) is 13.6.